The summed E-state index contributed by atoms with van der Waals surface area (Å²) < 4.78 is 12.7. The van der Waals surface area contributed by atoms with Gasteiger partial charge in [-0.3, -0.25) is 4.79 Å². The van der Waals surface area contributed by atoms with E-state index < -0.39 is 6.04 Å². The Bertz CT molecular complexity index is 1090. The molecule has 8 nitrogen and oxygen atoms in total. The molecule has 0 radical (unpaired) electrons. The molecule has 2 aromatic carbocycles. The molecule has 1 aromatic heterocycles. The molecule has 1 atom stereocenters. The summed E-state index contributed by atoms with van der Waals surface area (Å²) in [6, 6.07) is 14.4. The normalized spacial score (nSPS) is 15.2. The number of allylic oxidation sites excluding steroid dienone is 1. The van der Waals surface area contributed by atoms with Crippen LogP contribution in [0.3, 0.4) is 0 Å². The van der Waals surface area contributed by atoms with Gasteiger partial charge < -0.3 is 20.1 Å². The van der Waals surface area contributed by atoms with Crippen molar-refractivity contribution in [2.45, 2.75) is 19.9 Å². The highest BCUT2D eigenvalue weighted by Crippen LogP contribution is 2.39. The Labute approximate surface area is 174 Å². The summed E-state index contributed by atoms with van der Waals surface area (Å²) in [6.45, 7) is 4.30. The van der Waals surface area contributed by atoms with Crippen molar-refractivity contribution in [2.24, 2.45) is 0 Å². The third-order valence-electron chi connectivity index (χ3n) is 4.90. The lowest BCUT2D eigenvalue weighted by atomic mass is 9.94. The standard InChI is InChI=1S/C22H23N5O3/c1-4-30-18-8-6-5-7-17(18)20-19(14(2)25-22-23-13-24-27(20)22)21(28)26-15-9-11-16(29-3)12-10-15/h5-13,20H,4H2,1-3H3,(H,26,28)(H,23,24,25)/t20-/m0/s1. The van der Waals surface area contributed by atoms with Gasteiger partial charge in [-0.2, -0.15) is 10.1 Å². The zero-order chi connectivity index (χ0) is 21.1. The molecule has 0 saturated carbocycles. The van der Waals surface area contributed by atoms with Gasteiger partial charge >= 0.3 is 0 Å². The highest BCUT2D eigenvalue weighted by Gasteiger charge is 2.35. The lowest BCUT2D eigenvalue weighted by molar-refractivity contribution is -0.113. The SMILES string of the molecule is CCOc1ccccc1[C@H]1C(C(=O)Nc2ccc(OC)cc2)=C(C)Nc2ncnn21. The number of amides is 1. The molecule has 8 heteroatoms. The fourth-order valence-corrected chi connectivity index (χ4v) is 3.54. The topological polar surface area (TPSA) is 90.3 Å². The molecular formula is C22H23N5O3. The van der Waals surface area contributed by atoms with Gasteiger partial charge in [0.2, 0.25) is 5.95 Å². The van der Waals surface area contributed by atoms with E-state index in [1.807, 2.05) is 38.1 Å². The van der Waals surface area contributed by atoms with Crippen LogP contribution in [0.1, 0.15) is 25.5 Å². The van der Waals surface area contributed by atoms with Crippen LogP contribution in [-0.4, -0.2) is 34.4 Å². The van der Waals surface area contributed by atoms with Gasteiger partial charge in [0.25, 0.3) is 5.91 Å². The number of anilines is 2. The number of hydrogen-bond acceptors (Lipinski definition) is 6. The van der Waals surface area contributed by atoms with Crippen molar-refractivity contribution in [2.75, 3.05) is 24.4 Å². The Balaban J connectivity index is 1.75. The van der Waals surface area contributed by atoms with E-state index in [0.29, 0.717) is 35.3 Å². The Hall–Kier alpha value is -3.81. The maximum atomic E-state index is 13.4. The van der Waals surface area contributed by atoms with Gasteiger partial charge in [0, 0.05) is 16.9 Å². The lowest BCUT2D eigenvalue weighted by Gasteiger charge is -2.29. The zero-order valence-electron chi connectivity index (χ0n) is 17.0. The number of carbonyl (C=O) groups is 1. The summed E-state index contributed by atoms with van der Waals surface area (Å²) in [5, 5.41) is 10.5. The second-order valence-corrected chi connectivity index (χ2v) is 6.75. The van der Waals surface area contributed by atoms with Crippen LogP contribution in [0.4, 0.5) is 11.6 Å². The summed E-state index contributed by atoms with van der Waals surface area (Å²) >= 11 is 0. The molecule has 0 saturated heterocycles. The van der Waals surface area contributed by atoms with Crippen molar-refractivity contribution in [1.82, 2.24) is 14.8 Å². The number of nitrogens with zero attached hydrogens (tertiary/aromatic N) is 3. The number of hydrogen-bond donors (Lipinski definition) is 2. The molecule has 154 valence electrons. The van der Waals surface area contributed by atoms with E-state index >= 15 is 0 Å². The van der Waals surface area contributed by atoms with E-state index in [1.54, 1.807) is 36.1 Å². The molecule has 4 rings (SSSR count). The van der Waals surface area contributed by atoms with Crippen LogP contribution in [0.5, 0.6) is 11.5 Å². The number of carbonyl (C=O) groups excluding carboxylic acids is 1. The minimum absolute atomic E-state index is 0.234. The average molecular weight is 405 g/mol. The number of aromatic nitrogens is 3. The predicted octanol–water partition coefficient (Wildman–Crippen LogP) is 3.61. The number of methoxy groups -OCH3 is 1. The summed E-state index contributed by atoms with van der Waals surface area (Å²) in [7, 11) is 1.60. The molecule has 1 aliphatic heterocycles. The van der Waals surface area contributed by atoms with Crippen molar-refractivity contribution in [3.8, 4) is 11.5 Å². The molecule has 2 N–H and O–H groups in total. The molecule has 3 aromatic rings. The minimum atomic E-state index is -0.482. The van der Waals surface area contributed by atoms with Crippen molar-refractivity contribution in [1.29, 1.82) is 0 Å². The van der Waals surface area contributed by atoms with Crippen molar-refractivity contribution >= 4 is 17.5 Å². The minimum Gasteiger partial charge on any atom is -0.497 e. The molecule has 2 heterocycles. The van der Waals surface area contributed by atoms with Gasteiger partial charge in [0.1, 0.15) is 23.9 Å². The monoisotopic (exact) mass is 405 g/mol. The Kier molecular flexibility index (Phi) is 5.38. The Morgan fingerprint density at radius 1 is 1.20 bits per heavy atom. The zero-order valence-corrected chi connectivity index (χ0v) is 17.0. The van der Waals surface area contributed by atoms with Crippen molar-refractivity contribution < 1.29 is 14.3 Å². The second kappa shape index (κ2) is 8.28. The maximum absolute atomic E-state index is 13.4. The molecule has 0 spiro atoms. The van der Waals surface area contributed by atoms with Gasteiger partial charge in [-0.25, -0.2) is 4.68 Å². The van der Waals surface area contributed by atoms with Gasteiger partial charge in [-0.1, -0.05) is 18.2 Å². The summed E-state index contributed by atoms with van der Waals surface area (Å²) in [5.41, 5.74) is 2.75. The molecule has 0 bridgehead atoms. The van der Waals surface area contributed by atoms with Crippen molar-refractivity contribution in [3.63, 3.8) is 0 Å². The van der Waals surface area contributed by atoms with E-state index in [9.17, 15) is 4.79 Å². The number of benzene rings is 2. The molecule has 1 aliphatic rings. The van der Waals surface area contributed by atoms with Crippen LogP contribution in [-0.2, 0) is 4.79 Å². The van der Waals surface area contributed by atoms with Gasteiger partial charge in [0.05, 0.1) is 19.3 Å². The highest BCUT2D eigenvalue weighted by atomic mass is 16.5. The predicted molar refractivity (Wildman–Crippen MR) is 114 cm³/mol. The number of fused-ring (bicyclic) bond motifs is 1. The molecule has 0 aliphatic carbocycles. The van der Waals surface area contributed by atoms with E-state index in [2.05, 4.69) is 20.7 Å². The summed E-state index contributed by atoms with van der Waals surface area (Å²) in [4.78, 5) is 17.6. The smallest absolute Gasteiger partial charge is 0.255 e. The first kappa shape index (κ1) is 19.5. The summed E-state index contributed by atoms with van der Waals surface area (Å²) in [6.07, 6.45) is 1.47. The van der Waals surface area contributed by atoms with Gasteiger partial charge in [-0.05, 0) is 44.2 Å². The average Bonchev–Trinajstić information content (AvgIpc) is 3.22. The van der Waals surface area contributed by atoms with Gasteiger partial charge in [-0.15, -0.1) is 0 Å². The van der Waals surface area contributed by atoms with Crippen molar-refractivity contribution in [3.05, 3.63) is 71.7 Å². The fraction of sp³-hybridized carbons (Fsp3) is 0.227. The van der Waals surface area contributed by atoms with Crippen LogP contribution in [0.15, 0.2) is 66.1 Å². The second-order valence-electron chi connectivity index (χ2n) is 6.75. The number of nitrogens with one attached hydrogen (secondary N) is 2. The van der Waals surface area contributed by atoms with Crippen LogP contribution in [0.2, 0.25) is 0 Å². The van der Waals surface area contributed by atoms with Crippen LogP contribution < -0.4 is 20.1 Å². The van der Waals surface area contributed by atoms with E-state index in [4.69, 9.17) is 9.47 Å². The highest BCUT2D eigenvalue weighted by molar-refractivity contribution is 6.06. The molecule has 0 unspecified atom stereocenters. The van der Waals surface area contributed by atoms with E-state index in [-0.39, 0.29) is 5.91 Å². The first-order valence-corrected chi connectivity index (χ1v) is 9.66. The molecular weight excluding hydrogens is 382 g/mol. The lowest BCUT2D eigenvalue weighted by Crippen LogP contribution is -2.31. The maximum Gasteiger partial charge on any atom is 0.255 e. The fourth-order valence-electron chi connectivity index (χ4n) is 3.54. The van der Waals surface area contributed by atoms with Gasteiger partial charge in [0.15, 0.2) is 0 Å². The number of rotatable bonds is 6. The first-order valence-electron chi connectivity index (χ1n) is 9.66. The number of para-hydroxylation sites is 1. The third kappa shape index (κ3) is 3.59. The van der Waals surface area contributed by atoms with E-state index in [0.717, 1.165) is 11.3 Å². The van der Waals surface area contributed by atoms with Crippen LogP contribution >= 0.6 is 0 Å². The summed E-state index contributed by atoms with van der Waals surface area (Å²) in [5.74, 6) is 1.77. The Morgan fingerprint density at radius 2 is 1.97 bits per heavy atom. The van der Waals surface area contributed by atoms with E-state index in [1.165, 1.54) is 6.33 Å². The Morgan fingerprint density at radius 3 is 2.70 bits per heavy atom. The van der Waals surface area contributed by atoms with Crippen LogP contribution in [0.25, 0.3) is 0 Å². The molecule has 1 amide bonds. The first-order chi connectivity index (χ1) is 14.6. The third-order valence-corrected chi connectivity index (χ3v) is 4.90. The largest absolute Gasteiger partial charge is 0.497 e. The number of ether oxygens (including phenoxy) is 2. The quantitative estimate of drug-likeness (QED) is 0.651. The molecule has 0 fully saturated rings. The van der Waals surface area contributed by atoms with Crippen LogP contribution in [0, 0.1) is 0 Å². The molecule has 30 heavy (non-hydrogen) atoms.